The van der Waals surface area contributed by atoms with Crippen LogP contribution in [0.4, 0.5) is 17.6 Å². The van der Waals surface area contributed by atoms with Crippen molar-refractivity contribution in [3.8, 4) is 0 Å². The monoisotopic (exact) mass is 294 g/mol. The standard InChI is InChI=1S/C7H3ClF4O2S2/c8-16(13,14)4-1-2-6(5(9)3-4)15-7(10,11)12/h1-3H. The third-order valence-corrected chi connectivity index (χ3v) is 3.54. The first-order chi connectivity index (χ1) is 7.09. The molecule has 0 spiro atoms. The number of thioether (sulfide) groups is 1. The Hall–Kier alpha value is -0.470. The normalized spacial score (nSPS) is 12.8. The quantitative estimate of drug-likeness (QED) is 0.476. The number of alkyl halides is 3. The Balaban J connectivity index is 3.11. The molecule has 0 radical (unpaired) electrons. The summed E-state index contributed by atoms with van der Waals surface area (Å²) in [5.74, 6) is -1.29. The van der Waals surface area contributed by atoms with Gasteiger partial charge in [0.2, 0.25) is 0 Å². The van der Waals surface area contributed by atoms with E-state index in [1.807, 2.05) is 0 Å². The molecular formula is C7H3ClF4O2S2. The lowest BCUT2D eigenvalue weighted by Gasteiger charge is -2.06. The molecule has 0 saturated heterocycles. The van der Waals surface area contributed by atoms with Gasteiger partial charge in [0.25, 0.3) is 9.05 Å². The van der Waals surface area contributed by atoms with Gasteiger partial charge in [0.05, 0.1) is 9.79 Å². The Morgan fingerprint density at radius 2 is 1.81 bits per heavy atom. The van der Waals surface area contributed by atoms with Crippen LogP contribution < -0.4 is 0 Å². The van der Waals surface area contributed by atoms with Gasteiger partial charge in [-0.25, -0.2) is 12.8 Å². The molecule has 0 aliphatic carbocycles. The van der Waals surface area contributed by atoms with Gasteiger partial charge in [-0.15, -0.1) is 0 Å². The second-order valence-corrected chi connectivity index (χ2v) is 6.25. The highest BCUT2D eigenvalue weighted by molar-refractivity contribution is 8.13. The average molecular weight is 295 g/mol. The molecule has 0 aromatic heterocycles. The minimum absolute atomic E-state index is 0.441. The summed E-state index contributed by atoms with van der Waals surface area (Å²) in [5.41, 5.74) is -4.64. The lowest BCUT2D eigenvalue weighted by molar-refractivity contribution is -0.0329. The largest absolute Gasteiger partial charge is 0.446 e. The average Bonchev–Trinajstić information content (AvgIpc) is 2.04. The van der Waals surface area contributed by atoms with Crippen LogP contribution in [0.5, 0.6) is 0 Å². The molecule has 1 rings (SSSR count). The van der Waals surface area contributed by atoms with Crippen molar-refractivity contribution in [2.75, 3.05) is 0 Å². The van der Waals surface area contributed by atoms with Gasteiger partial charge in [0.1, 0.15) is 5.82 Å². The van der Waals surface area contributed by atoms with Crippen molar-refractivity contribution in [3.63, 3.8) is 0 Å². The number of hydrogen-bond acceptors (Lipinski definition) is 3. The van der Waals surface area contributed by atoms with Crippen LogP contribution >= 0.6 is 22.4 Å². The molecular weight excluding hydrogens is 292 g/mol. The second-order valence-electron chi connectivity index (χ2n) is 2.58. The zero-order chi connectivity index (χ0) is 12.6. The van der Waals surface area contributed by atoms with Gasteiger partial charge < -0.3 is 0 Å². The Morgan fingerprint density at radius 3 is 2.19 bits per heavy atom. The highest BCUT2D eigenvalue weighted by Gasteiger charge is 2.31. The van der Waals surface area contributed by atoms with Crippen molar-refractivity contribution in [1.29, 1.82) is 0 Å². The molecule has 0 aliphatic heterocycles. The van der Waals surface area contributed by atoms with E-state index >= 15 is 0 Å². The van der Waals surface area contributed by atoms with E-state index in [1.54, 1.807) is 0 Å². The Morgan fingerprint density at radius 1 is 1.25 bits per heavy atom. The number of halogens is 5. The van der Waals surface area contributed by atoms with Gasteiger partial charge in [-0.1, -0.05) is 0 Å². The fourth-order valence-corrected chi connectivity index (χ4v) is 2.15. The van der Waals surface area contributed by atoms with Gasteiger partial charge in [0.15, 0.2) is 0 Å². The van der Waals surface area contributed by atoms with Crippen LogP contribution in [-0.4, -0.2) is 13.9 Å². The maximum absolute atomic E-state index is 13.1. The van der Waals surface area contributed by atoms with Gasteiger partial charge in [0, 0.05) is 10.7 Å². The van der Waals surface area contributed by atoms with Gasteiger partial charge in [-0.05, 0) is 30.0 Å². The summed E-state index contributed by atoms with van der Waals surface area (Å²) in [4.78, 5) is -1.30. The Labute approximate surface area is 97.0 Å². The molecule has 1 aromatic carbocycles. The van der Waals surface area contributed by atoms with Crippen LogP contribution in [0, 0.1) is 5.82 Å². The molecule has 9 heteroatoms. The topological polar surface area (TPSA) is 34.1 Å². The molecule has 0 fully saturated rings. The van der Waals surface area contributed by atoms with E-state index in [4.69, 9.17) is 10.7 Å². The first-order valence-corrected chi connectivity index (χ1v) is 6.72. The molecule has 1 aromatic rings. The fourth-order valence-electron chi connectivity index (χ4n) is 0.841. The van der Waals surface area contributed by atoms with Crippen molar-refractivity contribution in [1.82, 2.24) is 0 Å². The molecule has 0 unspecified atom stereocenters. The summed E-state index contributed by atoms with van der Waals surface area (Å²) in [6.45, 7) is 0. The zero-order valence-corrected chi connectivity index (χ0v) is 9.64. The molecule has 0 heterocycles. The maximum atomic E-state index is 13.1. The lowest BCUT2D eigenvalue weighted by Crippen LogP contribution is -2.01. The number of rotatable bonds is 2. The second kappa shape index (κ2) is 4.42. The maximum Gasteiger partial charge on any atom is 0.446 e. The molecule has 0 N–H and O–H groups in total. The fraction of sp³-hybridized carbons (Fsp3) is 0.143. The molecule has 16 heavy (non-hydrogen) atoms. The van der Waals surface area contributed by atoms with Crippen LogP contribution in [0.2, 0.25) is 0 Å². The van der Waals surface area contributed by atoms with Crippen molar-refractivity contribution >= 4 is 31.5 Å². The predicted octanol–water partition coefficient (Wildman–Crippen LogP) is 3.37. The first-order valence-electron chi connectivity index (χ1n) is 3.59. The predicted molar refractivity (Wildman–Crippen MR) is 51.4 cm³/mol. The van der Waals surface area contributed by atoms with E-state index in [2.05, 4.69) is 0 Å². The summed E-state index contributed by atoms with van der Waals surface area (Å²) in [5, 5.41) is 0. The minimum atomic E-state index is -4.64. The van der Waals surface area contributed by atoms with E-state index < -0.39 is 41.9 Å². The summed E-state index contributed by atoms with van der Waals surface area (Å²) in [6.07, 6.45) is 0. The third kappa shape index (κ3) is 3.84. The number of benzene rings is 1. The SMILES string of the molecule is O=S(=O)(Cl)c1ccc(SC(F)(F)F)c(F)c1. The van der Waals surface area contributed by atoms with Gasteiger partial charge >= 0.3 is 5.51 Å². The highest BCUT2D eigenvalue weighted by atomic mass is 35.7. The molecule has 0 aliphatic rings. The van der Waals surface area contributed by atoms with Crippen molar-refractivity contribution in [2.45, 2.75) is 15.3 Å². The molecule has 0 amide bonds. The van der Waals surface area contributed by atoms with E-state index in [-0.39, 0.29) is 0 Å². The van der Waals surface area contributed by atoms with Crippen molar-refractivity contribution in [3.05, 3.63) is 24.0 Å². The molecule has 0 bridgehead atoms. The van der Waals surface area contributed by atoms with E-state index in [1.165, 1.54) is 0 Å². The van der Waals surface area contributed by atoms with Crippen LogP contribution in [0.15, 0.2) is 28.0 Å². The highest BCUT2D eigenvalue weighted by Crippen LogP contribution is 2.38. The first kappa shape index (κ1) is 13.6. The zero-order valence-electron chi connectivity index (χ0n) is 7.25. The summed E-state index contributed by atoms with van der Waals surface area (Å²) in [6, 6.07) is 1.96. The Bertz CT molecular complexity index is 498. The van der Waals surface area contributed by atoms with Crippen LogP contribution in [-0.2, 0) is 9.05 Å². The van der Waals surface area contributed by atoms with Crippen LogP contribution in [0.25, 0.3) is 0 Å². The van der Waals surface area contributed by atoms with Crippen molar-refractivity contribution in [2.24, 2.45) is 0 Å². The molecule has 2 nitrogen and oxygen atoms in total. The summed E-state index contributed by atoms with van der Waals surface area (Å²) in [7, 11) is 0.748. The molecule has 90 valence electrons. The summed E-state index contributed by atoms with van der Waals surface area (Å²) < 4.78 is 70.3. The van der Waals surface area contributed by atoms with Crippen LogP contribution in [0.1, 0.15) is 0 Å². The molecule has 0 atom stereocenters. The van der Waals surface area contributed by atoms with Crippen LogP contribution in [0.3, 0.4) is 0 Å². The van der Waals surface area contributed by atoms with E-state index in [0.29, 0.717) is 12.1 Å². The van der Waals surface area contributed by atoms with E-state index in [0.717, 1.165) is 6.07 Å². The third-order valence-electron chi connectivity index (χ3n) is 1.41. The number of hydrogen-bond donors (Lipinski definition) is 0. The van der Waals surface area contributed by atoms with Gasteiger partial charge in [-0.3, -0.25) is 0 Å². The lowest BCUT2D eigenvalue weighted by atomic mass is 10.3. The van der Waals surface area contributed by atoms with Gasteiger partial charge in [-0.2, -0.15) is 13.2 Å². The van der Waals surface area contributed by atoms with Crippen molar-refractivity contribution < 1.29 is 26.0 Å². The molecule has 0 saturated carbocycles. The van der Waals surface area contributed by atoms with E-state index in [9.17, 15) is 26.0 Å². The minimum Gasteiger partial charge on any atom is -0.207 e. The smallest absolute Gasteiger partial charge is 0.207 e. The summed E-state index contributed by atoms with van der Waals surface area (Å²) >= 11 is -0.666. The Kier molecular flexibility index (Phi) is 3.76.